The maximum absolute atomic E-state index is 14.8. The minimum absolute atomic E-state index is 0.0234. The Labute approximate surface area is 167 Å². The summed E-state index contributed by atoms with van der Waals surface area (Å²) in [5.74, 6) is 3.48. The Bertz CT molecular complexity index is 1160. The summed E-state index contributed by atoms with van der Waals surface area (Å²) in [5.41, 5.74) is 0.904. The van der Waals surface area contributed by atoms with E-state index in [2.05, 4.69) is 22.1 Å². The van der Waals surface area contributed by atoms with Crippen molar-refractivity contribution in [3.63, 3.8) is 0 Å². The minimum atomic E-state index is -4.99. The van der Waals surface area contributed by atoms with E-state index in [0.717, 1.165) is 23.0 Å². The first-order valence-electron chi connectivity index (χ1n) is 8.92. The van der Waals surface area contributed by atoms with Gasteiger partial charge in [-0.1, -0.05) is 11.8 Å². The number of amides is 2. The number of hydrogen-bond acceptors (Lipinski definition) is 4. The normalized spacial score (nSPS) is 20.5. The first-order chi connectivity index (χ1) is 14.1. The van der Waals surface area contributed by atoms with Crippen LogP contribution in [0.2, 0.25) is 0 Å². The van der Waals surface area contributed by atoms with Crippen LogP contribution in [0.15, 0.2) is 29.3 Å². The molecule has 1 aliphatic heterocycles. The third-order valence-electron chi connectivity index (χ3n) is 4.85. The van der Waals surface area contributed by atoms with E-state index < -0.39 is 34.7 Å². The van der Waals surface area contributed by atoms with Crippen molar-refractivity contribution < 1.29 is 22.4 Å². The van der Waals surface area contributed by atoms with Crippen molar-refractivity contribution in [2.24, 2.45) is 5.92 Å². The predicted octanol–water partition coefficient (Wildman–Crippen LogP) is 2.32. The molecule has 0 radical (unpaired) electrons. The van der Waals surface area contributed by atoms with Crippen molar-refractivity contribution in [3.8, 4) is 11.8 Å². The van der Waals surface area contributed by atoms with E-state index in [4.69, 9.17) is 5.73 Å². The molecular formula is C19H15F4N5O2. The Hall–Kier alpha value is -3.55. The molecule has 0 bridgehead atoms. The molecule has 1 aliphatic carbocycles. The number of anilines is 2. The SMILES string of the molecule is Nc1cc(=O)n(Cc2cc3c(cc2F)C(C#CC2CC2)(C(F)(F)F)NC(=O)N3)cn1. The Morgan fingerprint density at radius 1 is 1.27 bits per heavy atom. The number of nitrogen functional groups attached to an aromatic ring is 1. The van der Waals surface area contributed by atoms with E-state index in [-0.39, 0.29) is 29.5 Å². The number of hydrogen-bond donors (Lipinski definition) is 3. The fraction of sp³-hybridized carbons (Fsp3) is 0.316. The smallest absolute Gasteiger partial charge is 0.383 e. The average Bonchev–Trinajstić information content (AvgIpc) is 3.46. The van der Waals surface area contributed by atoms with Crippen LogP contribution in [0.4, 0.5) is 33.9 Å². The lowest BCUT2D eigenvalue weighted by atomic mass is 9.85. The molecule has 1 fully saturated rings. The van der Waals surface area contributed by atoms with E-state index in [0.29, 0.717) is 18.9 Å². The first kappa shape index (κ1) is 19.8. The minimum Gasteiger partial charge on any atom is -0.383 e. The highest BCUT2D eigenvalue weighted by Gasteiger charge is 2.59. The van der Waals surface area contributed by atoms with Gasteiger partial charge in [-0.05, 0) is 25.0 Å². The largest absolute Gasteiger partial charge is 0.427 e. The highest BCUT2D eigenvalue weighted by atomic mass is 19.4. The molecule has 1 aromatic carbocycles. The van der Waals surface area contributed by atoms with Crippen LogP contribution in [0.25, 0.3) is 0 Å². The summed E-state index contributed by atoms with van der Waals surface area (Å²) in [6.45, 7) is -0.318. The second kappa shape index (κ2) is 6.76. The molecule has 1 aromatic heterocycles. The van der Waals surface area contributed by atoms with Gasteiger partial charge in [0, 0.05) is 28.8 Å². The number of fused-ring (bicyclic) bond motifs is 1. The van der Waals surface area contributed by atoms with E-state index in [1.807, 2.05) is 5.32 Å². The highest BCUT2D eigenvalue weighted by molar-refractivity contribution is 5.95. The fourth-order valence-electron chi connectivity index (χ4n) is 3.12. The number of urea groups is 1. The average molecular weight is 421 g/mol. The molecule has 0 saturated heterocycles. The molecule has 2 amide bonds. The van der Waals surface area contributed by atoms with Crippen LogP contribution in [0, 0.1) is 23.6 Å². The summed E-state index contributed by atoms with van der Waals surface area (Å²) in [4.78, 5) is 27.7. The Morgan fingerprint density at radius 3 is 2.63 bits per heavy atom. The van der Waals surface area contributed by atoms with E-state index in [1.54, 1.807) is 0 Å². The summed E-state index contributed by atoms with van der Waals surface area (Å²) >= 11 is 0. The van der Waals surface area contributed by atoms with Gasteiger partial charge in [-0.15, -0.1) is 0 Å². The van der Waals surface area contributed by atoms with Crippen molar-refractivity contribution in [1.82, 2.24) is 14.9 Å². The number of nitrogens with zero attached hydrogens (tertiary/aromatic N) is 2. The molecular weight excluding hydrogens is 406 g/mol. The molecule has 2 aromatic rings. The third kappa shape index (κ3) is 3.45. The van der Waals surface area contributed by atoms with Crippen molar-refractivity contribution in [1.29, 1.82) is 0 Å². The summed E-state index contributed by atoms with van der Waals surface area (Å²) in [5, 5.41) is 4.09. The first-order valence-corrected chi connectivity index (χ1v) is 8.92. The molecule has 11 heteroatoms. The maximum Gasteiger partial charge on any atom is 0.427 e. The fourth-order valence-corrected chi connectivity index (χ4v) is 3.12. The van der Waals surface area contributed by atoms with Crippen molar-refractivity contribution in [3.05, 3.63) is 51.8 Å². The zero-order chi connectivity index (χ0) is 21.7. The molecule has 30 heavy (non-hydrogen) atoms. The van der Waals surface area contributed by atoms with Gasteiger partial charge >= 0.3 is 12.2 Å². The number of nitrogens with one attached hydrogen (secondary N) is 2. The standard InChI is InChI=1S/C19H15F4N5O2/c20-13-6-12-14(5-11(13)8-28-9-25-15(24)7-16(28)29)26-17(30)27-18(12,19(21,22)23)4-3-10-1-2-10/h5-7,9-10H,1-2,8,24H2,(H2,26,27,30). The van der Waals surface area contributed by atoms with Crippen LogP contribution in [-0.4, -0.2) is 21.8 Å². The van der Waals surface area contributed by atoms with Gasteiger partial charge in [0.15, 0.2) is 0 Å². The molecule has 2 aliphatic rings. The Kier molecular flexibility index (Phi) is 4.45. The molecule has 1 atom stereocenters. The zero-order valence-corrected chi connectivity index (χ0v) is 15.3. The second-order valence-corrected chi connectivity index (χ2v) is 7.14. The van der Waals surface area contributed by atoms with Gasteiger partial charge in [-0.25, -0.2) is 14.2 Å². The van der Waals surface area contributed by atoms with Crippen molar-refractivity contribution in [2.45, 2.75) is 31.1 Å². The van der Waals surface area contributed by atoms with E-state index in [9.17, 15) is 27.2 Å². The molecule has 1 saturated carbocycles. The van der Waals surface area contributed by atoms with Crippen LogP contribution in [-0.2, 0) is 12.1 Å². The van der Waals surface area contributed by atoms with Crippen LogP contribution >= 0.6 is 0 Å². The summed E-state index contributed by atoms with van der Waals surface area (Å²) in [6.07, 6.45) is -2.54. The van der Waals surface area contributed by atoms with Gasteiger partial charge in [0.25, 0.3) is 5.56 Å². The number of nitrogens with two attached hydrogens (primary N) is 1. The van der Waals surface area contributed by atoms with E-state index >= 15 is 0 Å². The predicted molar refractivity (Wildman–Crippen MR) is 98.8 cm³/mol. The van der Waals surface area contributed by atoms with Crippen LogP contribution < -0.4 is 21.9 Å². The monoisotopic (exact) mass is 421 g/mol. The lowest BCUT2D eigenvalue weighted by Crippen LogP contribution is -2.59. The Balaban J connectivity index is 1.82. The van der Waals surface area contributed by atoms with Crippen molar-refractivity contribution >= 4 is 17.5 Å². The van der Waals surface area contributed by atoms with Gasteiger partial charge in [-0.2, -0.15) is 13.2 Å². The number of rotatable bonds is 2. The van der Waals surface area contributed by atoms with Gasteiger partial charge in [0.1, 0.15) is 18.0 Å². The van der Waals surface area contributed by atoms with Crippen LogP contribution in [0.1, 0.15) is 24.0 Å². The quantitative estimate of drug-likeness (QED) is 0.512. The van der Waals surface area contributed by atoms with Crippen molar-refractivity contribution in [2.75, 3.05) is 11.1 Å². The topological polar surface area (TPSA) is 102 Å². The lowest BCUT2D eigenvalue weighted by Gasteiger charge is -2.37. The summed E-state index contributed by atoms with van der Waals surface area (Å²) < 4.78 is 58.0. The number of halogens is 4. The lowest BCUT2D eigenvalue weighted by molar-refractivity contribution is -0.178. The van der Waals surface area contributed by atoms with Gasteiger partial charge in [0.05, 0.1) is 6.54 Å². The molecule has 4 N–H and O–H groups in total. The number of carbonyl (C=O) groups excluding carboxylic acids is 1. The molecule has 4 rings (SSSR count). The summed E-state index contributed by atoms with van der Waals surface area (Å²) in [7, 11) is 0. The number of alkyl halides is 3. The van der Waals surface area contributed by atoms with Crippen LogP contribution in [0.5, 0.6) is 0 Å². The Morgan fingerprint density at radius 2 is 2.00 bits per heavy atom. The number of carbonyl (C=O) groups is 1. The van der Waals surface area contributed by atoms with Crippen LogP contribution in [0.3, 0.4) is 0 Å². The van der Waals surface area contributed by atoms with E-state index in [1.165, 1.54) is 0 Å². The van der Waals surface area contributed by atoms with Gasteiger partial charge in [-0.3, -0.25) is 9.36 Å². The van der Waals surface area contributed by atoms with Gasteiger partial charge < -0.3 is 16.4 Å². The third-order valence-corrected chi connectivity index (χ3v) is 4.85. The number of aromatic nitrogens is 2. The molecule has 7 nitrogen and oxygen atoms in total. The molecule has 156 valence electrons. The highest BCUT2D eigenvalue weighted by Crippen LogP contribution is 2.45. The molecule has 1 unspecified atom stereocenters. The molecule has 2 heterocycles. The number of benzene rings is 1. The maximum atomic E-state index is 14.8. The van der Waals surface area contributed by atoms with Gasteiger partial charge in [0.2, 0.25) is 5.54 Å². The summed E-state index contributed by atoms with van der Waals surface area (Å²) in [6, 6.07) is 1.66. The molecule has 0 spiro atoms. The second-order valence-electron chi connectivity index (χ2n) is 7.14. The zero-order valence-electron chi connectivity index (χ0n) is 15.3.